The van der Waals surface area contributed by atoms with E-state index >= 15 is 0 Å². The summed E-state index contributed by atoms with van der Waals surface area (Å²) in [7, 11) is 0.485. The van der Waals surface area contributed by atoms with E-state index in [0.29, 0.717) is 11.3 Å². The van der Waals surface area contributed by atoms with Gasteiger partial charge in [-0.25, -0.2) is 13.2 Å². The number of hydrogen-bond acceptors (Lipinski definition) is 6. The summed E-state index contributed by atoms with van der Waals surface area (Å²) < 4.78 is 28.2. The zero-order chi connectivity index (χ0) is 16.2. The second-order valence-corrected chi connectivity index (χ2v) is 7.90. The number of carbonyl (C=O) groups is 1. The second kappa shape index (κ2) is 6.80. The average molecular weight is 314 g/mol. The number of benzene rings is 1. The Morgan fingerprint density at radius 1 is 1.33 bits per heavy atom. The molecule has 0 atom stereocenters. The first-order valence-electron chi connectivity index (χ1n) is 6.60. The molecule has 2 N–H and O–H groups in total. The van der Waals surface area contributed by atoms with Crippen molar-refractivity contribution in [2.24, 2.45) is 0 Å². The van der Waals surface area contributed by atoms with Crippen LogP contribution < -0.4 is 10.6 Å². The van der Waals surface area contributed by atoms with Crippen molar-refractivity contribution in [1.29, 1.82) is 0 Å². The Balaban J connectivity index is 2.67. The van der Waals surface area contributed by atoms with Gasteiger partial charge in [-0.2, -0.15) is 0 Å². The molecule has 0 aliphatic heterocycles. The van der Waals surface area contributed by atoms with E-state index in [1.165, 1.54) is 6.07 Å². The topological polar surface area (TPSA) is 89.7 Å². The van der Waals surface area contributed by atoms with Crippen molar-refractivity contribution < 1.29 is 17.9 Å². The molecule has 0 fully saturated rings. The summed E-state index contributed by atoms with van der Waals surface area (Å²) in [5, 5.41) is -0.480. The van der Waals surface area contributed by atoms with Gasteiger partial charge >= 0.3 is 5.97 Å². The van der Waals surface area contributed by atoms with E-state index in [2.05, 4.69) is 0 Å². The van der Waals surface area contributed by atoms with Crippen LogP contribution in [0, 0.1) is 0 Å². The Bertz CT molecular complexity index is 609. The summed E-state index contributed by atoms with van der Waals surface area (Å²) in [5.41, 5.74) is 7.42. The number of ether oxygens (including phenoxy) is 1. The number of sulfone groups is 1. The van der Waals surface area contributed by atoms with Crippen LogP contribution in [0.4, 0.5) is 11.4 Å². The number of carbonyl (C=O) groups excluding carboxylic acids is 1. The van der Waals surface area contributed by atoms with Gasteiger partial charge in [0.1, 0.15) is 6.61 Å². The van der Waals surface area contributed by atoms with Crippen molar-refractivity contribution in [1.82, 2.24) is 0 Å². The van der Waals surface area contributed by atoms with E-state index in [-0.39, 0.29) is 12.4 Å². The minimum atomic E-state index is -3.21. The van der Waals surface area contributed by atoms with Gasteiger partial charge in [-0.15, -0.1) is 0 Å². The SMILES string of the molecule is CC(C)S(=O)(=O)CCOC(=O)c1ccc(N(C)C)c(N)c1. The molecule has 0 saturated carbocycles. The molecule has 1 aromatic carbocycles. The summed E-state index contributed by atoms with van der Waals surface area (Å²) in [6, 6.07) is 4.84. The quantitative estimate of drug-likeness (QED) is 0.629. The number of rotatable bonds is 6. The monoisotopic (exact) mass is 314 g/mol. The van der Waals surface area contributed by atoms with Gasteiger partial charge in [0, 0.05) is 14.1 Å². The van der Waals surface area contributed by atoms with Crippen molar-refractivity contribution in [2.45, 2.75) is 19.1 Å². The van der Waals surface area contributed by atoms with Crippen molar-refractivity contribution in [3.63, 3.8) is 0 Å². The zero-order valence-electron chi connectivity index (χ0n) is 12.8. The number of nitrogen functional groups attached to an aromatic ring is 1. The molecule has 7 heteroatoms. The van der Waals surface area contributed by atoms with Crippen molar-refractivity contribution >= 4 is 27.2 Å². The summed E-state index contributed by atoms with van der Waals surface area (Å²) >= 11 is 0. The number of nitrogens with two attached hydrogens (primary N) is 1. The van der Waals surface area contributed by atoms with E-state index < -0.39 is 21.1 Å². The fourth-order valence-electron chi connectivity index (χ4n) is 1.66. The second-order valence-electron chi connectivity index (χ2n) is 5.22. The summed E-state index contributed by atoms with van der Waals surface area (Å²) in [4.78, 5) is 13.7. The Kier molecular flexibility index (Phi) is 5.60. The van der Waals surface area contributed by atoms with Crippen LogP contribution in [-0.2, 0) is 14.6 Å². The number of anilines is 2. The number of nitrogens with zero attached hydrogens (tertiary/aromatic N) is 1. The lowest BCUT2D eigenvalue weighted by Gasteiger charge is -2.15. The molecule has 0 aromatic heterocycles. The normalized spacial score (nSPS) is 11.5. The van der Waals surface area contributed by atoms with Crippen LogP contribution in [0.3, 0.4) is 0 Å². The van der Waals surface area contributed by atoms with Gasteiger partial charge < -0.3 is 15.4 Å². The maximum absolute atomic E-state index is 11.8. The smallest absolute Gasteiger partial charge is 0.338 e. The summed E-state index contributed by atoms with van der Waals surface area (Å²) in [6.45, 7) is 3.03. The zero-order valence-corrected chi connectivity index (χ0v) is 13.6. The van der Waals surface area contributed by atoms with Crippen molar-refractivity contribution in [3.8, 4) is 0 Å². The van der Waals surface area contributed by atoms with Crippen LogP contribution in [0.2, 0.25) is 0 Å². The highest BCUT2D eigenvalue weighted by Gasteiger charge is 2.17. The molecule has 0 bridgehead atoms. The van der Waals surface area contributed by atoms with Gasteiger partial charge in [-0.1, -0.05) is 0 Å². The van der Waals surface area contributed by atoms with Crippen LogP contribution >= 0.6 is 0 Å². The highest BCUT2D eigenvalue weighted by molar-refractivity contribution is 7.91. The van der Waals surface area contributed by atoms with Crippen LogP contribution in [0.15, 0.2) is 18.2 Å². The Hall–Kier alpha value is -1.76. The van der Waals surface area contributed by atoms with Crippen molar-refractivity contribution in [2.75, 3.05) is 37.1 Å². The Morgan fingerprint density at radius 2 is 1.95 bits per heavy atom. The van der Waals surface area contributed by atoms with Gasteiger partial charge in [0.15, 0.2) is 9.84 Å². The molecule has 0 spiro atoms. The van der Waals surface area contributed by atoms with E-state index in [1.54, 1.807) is 26.0 Å². The van der Waals surface area contributed by atoms with Gasteiger partial charge in [0.05, 0.1) is 27.9 Å². The van der Waals surface area contributed by atoms with Crippen LogP contribution in [0.5, 0.6) is 0 Å². The predicted octanol–water partition coefficient (Wildman–Crippen LogP) is 1.31. The first-order valence-corrected chi connectivity index (χ1v) is 8.32. The molecule has 1 aromatic rings. The lowest BCUT2D eigenvalue weighted by molar-refractivity contribution is 0.0529. The minimum Gasteiger partial charge on any atom is -0.461 e. The van der Waals surface area contributed by atoms with Gasteiger partial charge in [-0.05, 0) is 32.0 Å². The molecular formula is C14H22N2O4S. The average Bonchev–Trinajstić information content (AvgIpc) is 2.37. The molecule has 0 aliphatic rings. The first kappa shape index (κ1) is 17.3. The molecule has 118 valence electrons. The maximum Gasteiger partial charge on any atom is 0.338 e. The molecule has 0 amide bonds. The molecule has 0 heterocycles. The van der Waals surface area contributed by atoms with Crippen LogP contribution in [0.25, 0.3) is 0 Å². The molecule has 0 aliphatic carbocycles. The highest BCUT2D eigenvalue weighted by atomic mass is 32.2. The third kappa shape index (κ3) is 4.63. The molecule has 1 rings (SSSR count). The van der Waals surface area contributed by atoms with E-state index in [1.807, 2.05) is 19.0 Å². The van der Waals surface area contributed by atoms with E-state index in [9.17, 15) is 13.2 Å². The summed E-state index contributed by atoms with van der Waals surface area (Å²) in [6.07, 6.45) is 0. The molecule has 0 saturated heterocycles. The molecule has 0 radical (unpaired) electrons. The van der Waals surface area contributed by atoms with Gasteiger partial charge in [-0.3, -0.25) is 0 Å². The molecule has 6 nitrogen and oxygen atoms in total. The Labute approximate surface area is 125 Å². The van der Waals surface area contributed by atoms with Crippen molar-refractivity contribution in [3.05, 3.63) is 23.8 Å². The Morgan fingerprint density at radius 3 is 2.43 bits per heavy atom. The summed E-state index contributed by atoms with van der Waals surface area (Å²) in [5.74, 6) is -0.757. The number of esters is 1. The standard InChI is InChI=1S/C14H22N2O4S/c1-10(2)21(18,19)8-7-20-14(17)11-5-6-13(16(3)4)12(15)9-11/h5-6,9-10H,7-8,15H2,1-4H3. The lowest BCUT2D eigenvalue weighted by Crippen LogP contribution is -2.22. The lowest BCUT2D eigenvalue weighted by atomic mass is 10.1. The predicted molar refractivity (Wildman–Crippen MR) is 84.4 cm³/mol. The van der Waals surface area contributed by atoms with Crippen LogP contribution in [0.1, 0.15) is 24.2 Å². The third-order valence-electron chi connectivity index (χ3n) is 3.06. The van der Waals surface area contributed by atoms with Crippen LogP contribution in [-0.4, -0.2) is 46.1 Å². The first-order chi connectivity index (χ1) is 9.65. The fourth-order valence-corrected chi connectivity index (χ4v) is 2.45. The minimum absolute atomic E-state index is 0.158. The van der Waals surface area contributed by atoms with Gasteiger partial charge in [0.2, 0.25) is 0 Å². The highest BCUT2D eigenvalue weighted by Crippen LogP contribution is 2.22. The number of hydrogen-bond donors (Lipinski definition) is 1. The largest absolute Gasteiger partial charge is 0.461 e. The fraction of sp³-hybridized carbons (Fsp3) is 0.500. The van der Waals surface area contributed by atoms with Gasteiger partial charge in [0.25, 0.3) is 0 Å². The van der Waals surface area contributed by atoms with E-state index in [4.69, 9.17) is 10.5 Å². The van der Waals surface area contributed by atoms with E-state index in [0.717, 1.165) is 5.69 Å². The maximum atomic E-state index is 11.8. The molecular weight excluding hydrogens is 292 g/mol. The molecule has 0 unspecified atom stereocenters. The molecule has 21 heavy (non-hydrogen) atoms. The third-order valence-corrected chi connectivity index (χ3v) is 5.24.